The number of hydrogen-bond donors (Lipinski definition) is 5. The van der Waals surface area contributed by atoms with E-state index in [2.05, 4.69) is 10.6 Å². The number of aliphatic carboxylic acids is 2. The zero-order valence-corrected chi connectivity index (χ0v) is 20.3. The molecule has 0 bridgehead atoms. The molecular formula is C28H28N2O8. The molecule has 0 aliphatic carbocycles. The van der Waals surface area contributed by atoms with Crippen LogP contribution in [0.1, 0.15) is 16.7 Å². The van der Waals surface area contributed by atoms with Crippen LogP contribution in [0.25, 0.3) is 0 Å². The van der Waals surface area contributed by atoms with Gasteiger partial charge in [0.1, 0.15) is 24.4 Å². The summed E-state index contributed by atoms with van der Waals surface area (Å²) in [7, 11) is 0. The molecule has 3 aromatic rings. The SMILES string of the molecule is O=C(N[C@H](C(=O)N[C@@H](Cc1ccc(O)cc1)C(=O)O)C(Cc1ccccc1)C(=O)O)OCc1ccccc1. The molecule has 0 aliphatic rings. The monoisotopic (exact) mass is 520 g/mol. The third-order valence-corrected chi connectivity index (χ3v) is 5.78. The Morgan fingerprint density at radius 3 is 1.79 bits per heavy atom. The third kappa shape index (κ3) is 8.37. The summed E-state index contributed by atoms with van der Waals surface area (Å²) in [5.74, 6) is -5.14. The van der Waals surface area contributed by atoms with Gasteiger partial charge in [0.05, 0.1) is 5.92 Å². The largest absolute Gasteiger partial charge is 0.508 e. The van der Waals surface area contributed by atoms with Crippen molar-refractivity contribution in [3.8, 4) is 5.75 Å². The molecule has 0 radical (unpaired) electrons. The molecule has 3 atom stereocenters. The predicted molar refractivity (Wildman–Crippen MR) is 136 cm³/mol. The van der Waals surface area contributed by atoms with Gasteiger partial charge in [0, 0.05) is 6.42 Å². The van der Waals surface area contributed by atoms with Crippen LogP contribution in [0.15, 0.2) is 84.9 Å². The summed E-state index contributed by atoms with van der Waals surface area (Å²) in [6.45, 7) is -0.115. The van der Waals surface area contributed by atoms with Crippen LogP contribution in [0.2, 0.25) is 0 Å². The molecule has 3 rings (SSSR count). The van der Waals surface area contributed by atoms with Crippen molar-refractivity contribution in [3.63, 3.8) is 0 Å². The molecule has 10 heteroatoms. The quantitative estimate of drug-likeness (QED) is 0.243. The number of nitrogens with one attached hydrogen (secondary N) is 2. The third-order valence-electron chi connectivity index (χ3n) is 5.78. The Labute approximate surface area is 218 Å². The normalized spacial score (nSPS) is 12.9. The molecule has 0 aromatic heterocycles. The zero-order valence-electron chi connectivity index (χ0n) is 20.3. The van der Waals surface area contributed by atoms with Crippen molar-refractivity contribution in [2.75, 3.05) is 0 Å². The van der Waals surface area contributed by atoms with Gasteiger partial charge in [-0.15, -0.1) is 0 Å². The van der Waals surface area contributed by atoms with Crippen LogP contribution in [-0.2, 0) is 38.6 Å². The predicted octanol–water partition coefficient (Wildman–Crippen LogP) is 2.74. The molecule has 0 spiro atoms. The fourth-order valence-electron chi connectivity index (χ4n) is 3.79. The lowest BCUT2D eigenvalue weighted by molar-refractivity contribution is -0.146. The van der Waals surface area contributed by atoms with E-state index in [-0.39, 0.29) is 25.2 Å². The van der Waals surface area contributed by atoms with Gasteiger partial charge in [0.25, 0.3) is 0 Å². The van der Waals surface area contributed by atoms with Crippen LogP contribution >= 0.6 is 0 Å². The number of alkyl carbamates (subject to hydrolysis) is 1. The average Bonchev–Trinajstić information content (AvgIpc) is 2.91. The van der Waals surface area contributed by atoms with Gasteiger partial charge < -0.3 is 30.7 Å². The molecule has 1 unspecified atom stereocenters. The molecule has 0 saturated heterocycles. The van der Waals surface area contributed by atoms with Gasteiger partial charge in [-0.1, -0.05) is 72.8 Å². The minimum absolute atomic E-state index is 0.00634. The maximum Gasteiger partial charge on any atom is 0.408 e. The lowest BCUT2D eigenvalue weighted by atomic mass is 9.91. The van der Waals surface area contributed by atoms with Crippen LogP contribution in [0.4, 0.5) is 4.79 Å². The number of phenols is 1. The fraction of sp³-hybridized carbons (Fsp3) is 0.214. The summed E-state index contributed by atoms with van der Waals surface area (Å²) in [6.07, 6.45) is -1.27. The molecule has 10 nitrogen and oxygen atoms in total. The van der Waals surface area contributed by atoms with E-state index in [1.54, 1.807) is 60.7 Å². The average molecular weight is 521 g/mol. The van der Waals surface area contributed by atoms with Gasteiger partial charge in [-0.3, -0.25) is 9.59 Å². The highest BCUT2D eigenvalue weighted by Gasteiger charge is 2.37. The van der Waals surface area contributed by atoms with Gasteiger partial charge in [-0.05, 0) is 35.2 Å². The Morgan fingerprint density at radius 2 is 1.24 bits per heavy atom. The number of hydrogen-bond acceptors (Lipinski definition) is 6. The second kappa shape index (κ2) is 13.4. The Hall–Kier alpha value is -4.86. The smallest absolute Gasteiger partial charge is 0.408 e. The molecule has 2 amide bonds. The standard InChI is InChI=1S/C28H28N2O8/c31-21-13-11-19(12-14-21)16-23(27(35)36)29-25(32)24(22(26(33)34)15-18-7-3-1-4-8-18)30-28(37)38-17-20-9-5-2-6-10-20/h1-14,22-24,31H,15-17H2,(H,29,32)(H,30,37)(H,33,34)(H,35,36)/t22?,23-,24-/m0/s1. The number of benzene rings is 3. The Kier molecular flexibility index (Phi) is 9.81. The van der Waals surface area contributed by atoms with Crippen molar-refractivity contribution in [2.45, 2.75) is 31.5 Å². The molecule has 198 valence electrons. The summed E-state index contributed by atoms with van der Waals surface area (Å²) >= 11 is 0. The lowest BCUT2D eigenvalue weighted by Crippen LogP contribution is -2.56. The van der Waals surface area contributed by atoms with E-state index in [9.17, 15) is 34.5 Å². The molecule has 5 N–H and O–H groups in total. The second-order valence-electron chi connectivity index (χ2n) is 8.59. The number of carboxylic acid groups (broad SMARTS) is 2. The molecular weight excluding hydrogens is 492 g/mol. The maximum atomic E-state index is 13.3. The first-order valence-corrected chi connectivity index (χ1v) is 11.8. The van der Waals surface area contributed by atoms with Crippen LogP contribution in [0, 0.1) is 5.92 Å². The number of carbonyl (C=O) groups is 4. The summed E-state index contributed by atoms with van der Waals surface area (Å²) in [5, 5.41) is 33.8. The first kappa shape index (κ1) is 27.7. The highest BCUT2D eigenvalue weighted by atomic mass is 16.5. The molecule has 0 fully saturated rings. The van der Waals surface area contributed by atoms with Gasteiger partial charge >= 0.3 is 18.0 Å². The van der Waals surface area contributed by atoms with Crippen molar-refractivity contribution >= 4 is 23.9 Å². The van der Waals surface area contributed by atoms with Crippen molar-refractivity contribution < 1.29 is 39.2 Å². The zero-order chi connectivity index (χ0) is 27.5. The van der Waals surface area contributed by atoms with Crippen LogP contribution in [0.3, 0.4) is 0 Å². The fourth-order valence-corrected chi connectivity index (χ4v) is 3.79. The van der Waals surface area contributed by atoms with Crippen molar-refractivity contribution in [2.24, 2.45) is 5.92 Å². The van der Waals surface area contributed by atoms with E-state index in [0.717, 1.165) is 0 Å². The Balaban J connectivity index is 1.81. The highest BCUT2D eigenvalue weighted by molar-refractivity contribution is 5.93. The summed E-state index contributed by atoms with van der Waals surface area (Å²) in [4.78, 5) is 50.1. The number of ether oxygens (including phenoxy) is 1. The Bertz CT molecular complexity index is 1230. The van der Waals surface area contributed by atoms with Crippen LogP contribution < -0.4 is 10.6 Å². The van der Waals surface area contributed by atoms with Crippen LogP contribution in [-0.4, -0.2) is 51.3 Å². The van der Waals surface area contributed by atoms with Crippen molar-refractivity contribution in [3.05, 3.63) is 102 Å². The number of amides is 2. The number of phenolic OH excluding ortho intramolecular Hbond substituents is 1. The molecule has 0 aliphatic heterocycles. The van der Waals surface area contributed by atoms with E-state index in [4.69, 9.17) is 4.74 Å². The maximum absolute atomic E-state index is 13.3. The summed E-state index contributed by atoms with van der Waals surface area (Å²) in [6, 6.07) is 20.0. The van der Waals surface area contributed by atoms with E-state index in [1.165, 1.54) is 24.3 Å². The number of carboxylic acids is 2. The highest BCUT2D eigenvalue weighted by Crippen LogP contribution is 2.16. The summed E-state index contributed by atoms with van der Waals surface area (Å²) < 4.78 is 5.19. The van der Waals surface area contributed by atoms with Crippen LogP contribution in [0.5, 0.6) is 5.75 Å². The topological polar surface area (TPSA) is 162 Å². The molecule has 0 saturated carbocycles. The van der Waals surface area contributed by atoms with Gasteiger partial charge in [-0.25, -0.2) is 9.59 Å². The number of carbonyl (C=O) groups excluding carboxylic acids is 2. The van der Waals surface area contributed by atoms with Gasteiger partial charge in [-0.2, -0.15) is 0 Å². The van der Waals surface area contributed by atoms with E-state index < -0.39 is 41.9 Å². The van der Waals surface area contributed by atoms with Gasteiger partial charge in [0.2, 0.25) is 5.91 Å². The number of aromatic hydroxyl groups is 1. The molecule has 3 aromatic carbocycles. The second-order valence-corrected chi connectivity index (χ2v) is 8.59. The minimum atomic E-state index is -1.64. The molecule has 38 heavy (non-hydrogen) atoms. The lowest BCUT2D eigenvalue weighted by Gasteiger charge is -2.26. The summed E-state index contributed by atoms with van der Waals surface area (Å²) in [5.41, 5.74) is 1.81. The Morgan fingerprint density at radius 1 is 0.684 bits per heavy atom. The number of rotatable bonds is 12. The molecule has 0 heterocycles. The van der Waals surface area contributed by atoms with Gasteiger partial charge in [0.15, 0.2) is 0 Å². The minimum Gasteiger partial charge on any atom is -0.508 e. The van der Waals surface area contributed by atoms with E-state index in [0.29, 0.717) is 16.7 Å². The first-order valence-electron chi connectivity index (χ1n) is 11.8. The first-order chi connectivity index (χ1) is 18.2. The van der Waals surface area contributed by atoms with Crippen molar-refractivity contribution in [1.82, 2.24) is 10.6 Å². The van der Waals surface area contributed by atoms with Crippen molar-refractivity contribution in [1.29, 1.82) is 0 Å². The van der Waals surface area contributed by atoms with E-state index in [1.807, 2.05) is 0 Å². The van der Waals surface area contributed by atoms with E-state index >= 15 is 0 Å².